The fourth-order valence-electron chi connectivity index (χ4n) is 1.56. The Bertz CT molecular complexity index is 599. The van der Waals surface area contributed by atoms with E-state index >= 15 is 0 Å². The van der Waals surface area contributed by atoms with E-state index in [1.807, 2.05) is 19.1 Å². The summed E-state index contributed by atoms with van der Waals surface area (Å²) in [6.07, 6.45) is 1.32. The van der Waals surface area contributed by atoms with Gasteiger partial charge in [0, 0.05) is 16.0 Å². The average Bonchev–Trinajstić information content (AvgIpc) is 2.82. The maximum Gasteiger partial charge on any atom is 0.254 e. The highest BCUT2D eigenvalue weighted by molar-refractivity contribution is 7.11. The minimum Gasteiger partial charge on any atom is -0.347 e. The van der Waals surface area contributed by atoms with E-state index in [0.717, 1.165) is 9.75 Å². The van der Waals surface area contributed by atoms with Crippen molar-refractivity contribution in [2.75, 3.05) is 5.43 Å². The number of hydrogen-bond acceptors (Lipinski definition) is 5. The number of carbonyl (C=O) groups is 1. The van der Waals surface area contributed by atoms with Crippen molar-refractivity contribution in [3.05, 3.63) is 45.5 Å². The standard InChI is InChI=1S/C12H13FN4OS/c1-7-2-3-8(19-7)6-16-12(18)9-4-5-15-11(17-14)10(9)13/h2-5H,6,14H2,1H3,(H,15,17)(H,16,18). The number of aryl methyl sites for hydroxylation is 1. The van der Waals surface area contributed by atoms with Gasteiger partial charge in [0.05, 0.1) is 12.1 Å². The van der Waals surface area contributed by atoms with Crippen LogP contribution in [-0.4, -0.2) is 10.9 Å². The molecule has 19 heavy (non-hydrogen) atoms. The van der Waals surface area contributed by atoms with Gasteiger partial charge in [-0.2, -0.15) is 0 Å². The van der Waals surface area contributed by atoms with E-state index in [1.54, 1.807) is 11.3 Å². The van der Waals surface area contributed by atoms with Gasteiger partial charge in [0.15, 0.2) is 11.6 Å². The number of nitrogen functional groups attached to an aromatic ring is 1. The molecule has 0 radical (unpaired) electrons. The number of amides is 1. The Hall–Kier alpha value is -1.99. The Morgan fingerprint density at radius 1 is 1.47 bits per heavy atom. The van der Waals surface area contributed by atoms with Crippen molar-refractivity contribution >= 4 is 23.1 Å². The maximum absolute atomic E-state index is 13.8. The summed E-state index contributed by atoms with van der Waals surface area (Å²) in [5, 5.41) is 2.66. The molecule has 5 nitrogen and oxygen atoms in total. The lowest BCUT2D eigenvalue weighted by molar-refractivity contribution is 0.0947. The number of nitrogens with two attached hydrogens (primary N) is 1. The summed E-state index contributed by atoms with van der Waals surface area (Å²) >= 11 is 1.58. The van der Waals surface area contributed by atoms with Crippen molar-refractivity contribution < 1.29 is 9.18 Å². The van der Waals surface area contributed by atoms with Gasteiger partial charge in [-0.3, -0.25) is 4.79 Å². The predicted octanol–water partition coefficient (Wildman–Crippen LogP) is 1.81. The van der Waals surface area contributed by atoms with E-state index in [9.17, 15) is 9.18 Å². The van der Waals surface area contributed by atoms with Crippen LogP contribution in [0.25, 0.3) is 0 Å². The molecule has 0 aliphatic carbocycles. The van der Waals surface area contributed by atoms with Crippen LogP contribution in [-0.2, 0) is 6.54 Å². The molecule has 0 saturated carbocycles. The molecule has 0 unspecified atom stereocenters. The van der Waals surface area contributed by atoms with Crippen LogP contribution in [0.5, 0.6) is 0 Å². The number of carbonyl (C=O) groups excluding carboxylic acids is 1. The number of hydrazine groups is 1. The molecule has 0 bridgehead atoms. The SMILES string of the molecule is Cc1ccc(CNC(=O)c2ccnc(NN)c2F)s1. The molecule has 0 saturated heterocycles. The van der Waals surface area contributed by atoms with Crippen molar-refractivity contribution in [1.29, 1.82) is 0 Å². The maximum atomic E-state index is 13.8. The van der Waals surface area contributed by atoms with Crippen molar-refractivity contribution in [3.8, 4) is 0 Å². The third-order valence-electron chi connectivity index (χ3n) is 2.49. The monoisotopic (exact) mass is 280 g/mol. The molecular weight excluding hydrogens is 267 g/mol. The number of hydrogen-bond donors (Lipinski definition) is 3. The molecule has 2 aromatic heterocycles. The van der Waals surface area contributed by atoms with Crippen LogP contribution in [0.15, 0.2) is 24.4 Å². The first-order chi connectivity index (χ1) is 9.11. The molecule has 2 rings (SSSR count). The first-order valence-electron chi connectivity index (χ1n) is 5.56. The lowest BCUT2D eigenvalue weighted by Crippen LogP contribution is -2.24. The van der Waals surface area contributed by atoms with Crippen molar-refractivity contribution in [1.82, 2.24) is 10.3 Å². The summed E-state index contributed by atoms with van der Waals surface area (Å²) in [6, 6.07) is 5.21. The van der Waals surface area contributed by atoms with Crippen LogP contribution in [0.4, 0.5) is 10.2 Å². The first kappa shape index (κ1) is 13.4. The smallest absolute Gasteiger partial charge is 0.254 e. The summed E-state index contributed by atoms with van der Waals surface area (Å²) in [5.74, 6) is 3.69. The summed E-state index contributed by atoms with van der Waals surface area (Å²) in [6.45, 7) is 2.35. The summed E-state index contributed by atoms with van der Waals surface area (Å²) in [7, 11) is 0. The molecule has 7 heteroatoms. The quantitative estimate of drug-likeness (QED) is 0.589. The van der Waals surface area contributed by atoms with Gasteiger partial charge < -0.3 is 10.7 Å². The Balaban J connectivity index is 2.08. The first-order valence-corrected chi connectivity index (χ1v) is 6.38. The zero-order valence-corrected chi connectivity index (χ0v) is 11.1. The average molecular weight is 280 g/mol. The third-order valence-corrected chi connectivity index (χ3v) is 3.49. The molecule has 0 aliphatic rings. The highest BCUT2D eigenvalue weighted by Gasteiger charge is 2.15. The van der Waals surface area contributed by atoms with Gasteiger partial charge in [0.1, 0.15) is 0 Å². The van der Waals surface area contributed by atoms with Crippen molar-refractivity contribution in [2.45, 2.75) is 13.5 Å². The molecule has 0 spiro atoms. The van der Waals surface area contributed by atoms with Gasteiger partial charge >= 0.3 is 0 Å². The Morgan fingerprint density at radius 2 is 2.26 bits per heavy atom. The molecule has 0 aliphatic heterocycles. The van der Waals surface area contributed by atoms with Gasteiger partial charge in [0.2, 0.25) is 0 Å². The molecule has 0 fully saturated rings. The lowest BCUT2D eigenvalue weighted by Gasteiger charge is -2.07. The second-order valence-corrected chi connectivity index (χ2v) is 5.23. The topological polar surface area (TPSA) is 80.0 Å². The van der Waals surface area contributed by atoms with Crippen LogP contribution in [0.1, 0.15) is 20.1 Å². The number of nitrogens with zero attached hydrogens (tertiary/aromatic N) is 1. The van der Waals surface area contributed by atoms with E-state index in [0.29, 0.717) is 6.54 Å². The van der Waals surface area contributed by atoms with Crippen LogP contribution >= 0.6 is 11.3 Å². The highest BCUT2D eigenvalue weighted by Crippen LogP contribution is 2.16. The fourth-order valence-corrected chi connectivity index (χ4v) is 2.39. The number of nitrogens with one attached hydrogen (secondary N) is 2. The van der Waals surface area contributed by atoms with Gasteiger partial charge in [-0.15, -0.1) is 11.3 Å². The molecule has 0 atom stereocenters. The minimum atomic E-state index is -0.759. The summed E-state index contributed by atoms with van der Waals surface area (Å²) in [4.78, 5) is 17.7. The van der Waals surface area contributed by atoms with Gasteiger partial charge in [-0.25, -0.2) is 15.2 Å². The van der Waals surface area contributed by atoms with Crippen LogP contribution < -0.4 is 16.6 Å². The number of anilines is 1. The molecule has 2 heterocycles. The second kappa shape index (κ2) is 5.77. The Morgan fingerprint density at radius 3 is 2.89 bits per heavy atom. The highest BCUT2D eigenvalue weighted by atomic mass is 32.1. The van der Waals surface area contributed by atoms with Crippen molar-refractivity contribution in [2.24, 2.45) is 5.84 Å². The predicted molar refractivity (Wildman–Crippen MR) is 72.2 cm³/mol. The zero-order valence-electron chi connectivity index (χ0n) is 10.2. The fraction of sp³-hybridized carbons (Fsp3) is 0.167. The molecule has 2 aromatic rings. The second-order valence-electron chi connectivity index (χ2n) is 3.86. The number of thiophene rings is 1. The minimum absolute atomic E-state index is 0.0868. The number of pyridine rings is 1. The van der Waals surface area contributed by atoms with Gasteiger partial charge in [-0.05, 0) is 25.1 Å². The van der Waals surface area contributed by atoms with E-state index in [-0.39, 0.29) is 11.4 Å². The van der Waals surface area contributed by atoms with E-state index in [4.69, 9.17) is 5.84 Å². The molecule has 100 valence electrons. The Labute approximate surface area is 113 Å². The van der Waals surface area contributed by atoms with E-state index < -0.39 is 11.7 Å². The number of halogens is 1. The number of rotatable bonds is 4. The molecule has 0 aromatic carbocycles. The van der Waals surface area contributed by atoms with Gasteiger partial charge in [0.25, 0.3) is 5.91 Å². The molecule has 1 amide bonds. The van der Waals surface area contributed by atoms with Crippen molar-refractivity contribution in [3.63, 3.8) is 0 Å². The molecule has 4 N–H and O–H groups in total. The van der Waals surface area contributed by atoms with Gasteiger partial charge in [-0.1, -0.05) is 0 Å². The van der Waals surface area contributed by atoms with E-state index in [2.05, 4.69) is 15.7 Å². The van der Waals surface area contributed by atoms with Crippen LogP contribution in [0.2, 0.25) is 0 Å². The summed E-state index contributed by atoms with van der Waals surface area (Å²) < 4.78 is 13.8. The zero-order chi connectivity index (χ0) is 13.8. The Kier molecular flexibility index (Phi) is 4.08. The van der Waals surface area contributed by atoms with Crippen LogP contribution in [0.3, 0.4) is 0 Å². The number of aromatic nitrogens is 1. The summed E-state index contributed by atoms with van der Waals surface area (Å²) in [5.41, 5.74) is 2.02. The third kappa shape index (κ3) is 3.07. The normalized spacial score (nSPS) is 10.3. The lowest BCUT2D eigenvalue weighted by atomic mass is 10.2. The van der Waals surface area contributed by atoms with E-state index in [1.165, 1.54) is 12.3 Å². The molecular formula is C12H13FN4OS. The largest absolute Gasteiger partial charge is 0.347 e. The van der Waals surface area contributed by atoms with Crippen LogP contribution in [0, 0.1) is 12.7 Å².